The van der Waals surface area contributed by atoms with E-state index in [0.717, 1.165) is 12.1 Å². The minimum Gasteiger partial charge on any atom is -0.399 e. The molecule has 10 nitrogen and oxygen atoms in total. The molecule has 0 radical (unpaired) electrons. The Morgan fingerprint density at radius 2 is 0.740 bits per heavy atom. The summed E-state index contributed by atoms with van der Waals surface area (Å²) < 4.78 is 64.1. The summed E-state index contributed by atoms with van der Waals surface area (Å²) in [5, 5.41) is 0. The molecule has 0 aliphatic rings. The van der Waals surface area contributed by atoms with E-state index in [1.165, 1.54) is 153 Å². The minimum atomic E-state index is -4.52. The van der Waals surface area contributed by atoms with E-state index in [0.29, 0.717) is 0 Å². The predicted octanol–water partition coefficient (Wildman–Crippen LogP) is 8.89. The fourth-order valence-corrected chi connectivity index (χ4v) is 6.40. The number of hydrogen-bond acceptors (Lipinski definition) is 8. The molecule has 0 aliphatic carbocycles. The Morgan fingerprint density at radius 1 is 0.500 bits per heavy atom. The van der Waals surface area contributed by atoms with Crippen molar-refractivity contribution in [3.05, 3.63) is 47.5 Å². The molecular weight excluding hydrogens is 673 g/mol. The molecule has 0 saturated carbocycles. The minimum absolute atomic E-state index is 0.0878. The highest BCUT2D eigenvalue weighted by Gasteiger charge is 2.16. The molecule has 2 aromatic rings. The highest BCUT2D eigenvalue weighted by atomic mass is 32.2. The van der Waals surface area contributed by atoms with Gasteiger partial charge in [0, 0.05) is 11.4 Å². The lowest BCUT2D eigenvalue weighted by Crippen LogP contribution is -2.27. The van der Waals surface area contributed by atoms with Gasteiger partial charge < -0.3 is 21.3 Å². The highest BCUT2D eigenvalue weighted by molar-refractivity contribution is 7.86. The van der Waals surface area contributed by atoms with Crippen molar-refractivity contribution in [1.82, 2.24) is 9.80 Å². The summed E-state index contributed by atoms with van der Waals surface area (Å²) in [5.41, 5.74) is 11.4. The van der Waals surface area contributed by atoms with Gasteiger partial charge in [-0.2, -0.15) is 16.8 Å². The van der Waals surface area contributed by atoms with Crippen molar-refractivity contribution in [2.45, 2.75) is 128 Å². The van der Waals surface area contributed by atoms with Crippen LogP contribution in [-0.2, 0) is 20.2 Å². The van der Waals surface area contributed by atoms with Gasteiger partial charge in [0.25, 0.3) is 20.2 Å². The quantitative estimate of drug-likeness (QED) is 0.0520. The van der Waals surface area contributed by atoms with Gasteiger partial charge in [-0.1, -0.05) is 104 Å². The average Bonchev–Trinajstić information content (AvgIpc) is 3.07. The van der Waals surface area contributed by atoms with Crippen LogP contribution in [0.2, 0.25) is 0 Å². The Labute approximate surface area is 305 Å². The summed E-state index contributed by atoms with van der Waals surface area (Å²) in [5.74, 6) is 0. The van der Waals surface area contributed by atoms with Crippen molar-refractivity contribution in [2.24, 2.45) is 0 Å². The van der Waals surface area contributed by atoms with Crippen molar-refractivity contribution < 1.29 is 25.9 Å². The number of anilines is 2. The zero-order valence-electron chi connectivity index (χ0n) is 31.7. The number of nitrogens with two attached hydrogens (primary N) is 2. The fourth-order valence-electron chi connectivity index (χ4n) is 4.96. The van der Waals surface area contributed by atoms with Gasteiger partial charge in [0.15, 0.2) is 0 Å². The van der Waals surface area contributed by atoms with E-state index in [9.17, 15) is 25.9 Å². The average molecular weight is 741 g/mol. The van der Waals surface area contributed by atoms with Crippen LogP contribution in [0.15, 0.2) is 46.2 Å². The second-order valence-corrected chi connectivity index (χ2v) is 15.5. The molecule has 2 rings (SSSR count). The monoisotopic (exact) mass is 740 g/mol. The molecule has 0 spiro atoms. The SMILES string of the molecule is CCCCN(CCCC)CCCC.CCCCN(CCCC)CCCC.Nc1ccc(/C=C/c2ccc(N)cc2S(=O)(=O)O)c(S(=O)(=O)O)c1. The third kappa shape index (κ3) is 21.7. The lowest BCUT2D eigenvalue weighted by molar-refractivity contribution is 0.261. The van der Waals surface area contributed by atoms with E-state index in [4.69, 9.17) is 11.5 Å². The van der Waals surface area contributed by atoms with Crippen molar-refractivity contribution in [3.63, 3.8) is 0 Å². The lowest BCUT2D eigenvalue weighted by Gasteiger charge is -2.21. The Hall–Kier alpha value is -2.48. The van der Waals surface area contributed by atoms with Gasteiger partial charge in [-0.15, -0.1) is 0 Å². The van der Waals surface area contributed by atoms with Gasteiger partial charge in [0.05, 0.1) is 0 Å². The van der Waals surface area contributed by atoms with Crippen LogP contribution in [-0.4, -0.2) is 75.0 Å². The third-order valence-electron chi connectivity index (χ3n) is 8.04. The number of hydrogen-bond donors (Lipinski definition) is 4. The maximum Gasteiger partial charge on any atom is 0.295 e. The van der Waals surface area contributed by atoms with Gasteiger partial charge >= 0.3 is 0 Å². The summed E-state index contributed by atoms with van der Waals surface area (Å²) in [6, 6.07) is 7.67. The van der Waals surface area contributed by atoms with Crippen LogP contribution in [0.1, 0.15) is 130 Å². The largest absolute Gasteiger partial charge is 0.399 e. The van der Waals surface area contributed by atoms with Crippen molar-refractivity contribution in [2.75, 3.05) is 50.7 Å². The van der Waals surface area contributed by atoms with Crippen LogP contribution in [0.3, 0.4) is 0 Å². The van der Waals surface area contributed by atoms with Crippen molar-refractivity contribution in [1.29, 1.82) is 0 Å². The zero-order chi connectivity index (χ0) is 38.0. The molecule has 288 valence electrons. The Morgan fingerprint density at radius 3 is 0.940 bits per heavy atom. The number of rotatable bonds is 22. The van der Waals surface area contributed by atoms with E-state index < -0.39 is 30.0 Å². The molecule has 12 heteroatoms. The lowest BCUT2D eigenvalue weighted by atomic mass is 10.1. The zero-order valence-corrected chi connectivity index (χ0v) is 33.4. The number of nitrogens with zero attached hydrogens (tertiary/aromatic N) is 2. The topological polar surface area (TPSA) is 167 Å². The first-order valence-electron chi connectivity index (χ1n) is 18.5. The maximum atomic E-state index is 11.4. The van der Waals surface area contributed by atoms with Gasteiger partial charge in [-0.25, -0.2) is 0 Å². The Balaban J connectivity index is 0.000000789. The van der Waals surface area contributed by atoms with E-state index in [2.05, 4.69) is 51.3 Å². The van der Waals surface area contributed by atoms with Gasteiger partial charge in [-0.05, 0) is 113 Å². The summed E-state index contributed by atoms with van der Waals surface area (Å²) in [7, 11) is -9.05. The van der Waals surface area contributed by atoms with Crippen LogP contribution in [0, 0.1) is 0 Å². The maximum absolute atomic E-state index is 11.4. The predicted molar refractivity (Wildman–Crippen MR) is 213 cm³/mol. The molecule has 50 heavy (non-hydrogen) atoms. The molecular formula is C38H68N4O6S2. The fraction of sp³-hybridized carbons (Fsp3) is 0.632. The van der Waals surface area contributed by atoms with E-state index in [-0.39, 0.29) is 22.5 Å². The van der Waals surface area contributed by atoms with E-state index in [1.807, 2.05) is 0 Å². The van der Waals surface area contributed by atoms with E-state index in [1.54, 1.807) is 0 Å². The molecule has 0 heterocycles. The van der Waals surface area contributed by atoms with Crippen molar-refractivity contribution in [3.8, 4) is 0 Å². The molecule has 0 aliphatic heterocycles. The molecule has 0 bridgehead atoms. The summed E-state index contributed by atoms with van der Waals surface area (Å²) in [6.07, 6.45) is 18.7. The van der Waals surface area contributed by atoms with Crippen molar-refractivity contribution >= 4 is 43.8 Å². The molecule has 0 amide bonds. The second kappa shape index (κ2) is 27.2. The normalized spacial score (nSPS) is 11.8. The third-order valence-corrected chi connectivity index (χ3v) is 9.86. The van der Waals surface area contributed by atoms with Gasteiger partial charge in [0.2, 0.25) is 0 Å². The number of nitrogen functional groups attached to an aromatic ring is 2. The number of benzene rings is 2. The number of unbranched alkanes of at least 4 members (excludes halogenated alkanes) is 6. The molecule has 0 unspecified atom stereocenters. The molecule has 2 aromatic carbocycles. The van der Waals surface area contributed by atoms with E-state index >= 15 is 0 Å². The summed E-state index contributed by atoms with van der Waals surface area (Å²) in [6.45, 7) is 21.5. The molecule has 0 atom stereocenters. The molecule has 0 fully saturated rings. The van der Waals surface area contributed by atoms with Crippen LogP contribution >= 0.6 is 0 Å². The second-order valence-electron chi connectivity index (χ2n) is 12.7. The molecule has 0 saturated heterocycles. The van der Waals surface area contributed by atoms with Crippen LogP contribution in [0.25, 0.3) is 12.2 Å². The molecule has 0 aromatic heterocycles. The first-order chi connectivity index (χ1) is 23.7. The highest BCUT2D eigenvalue weighted by Crippen LogP contribution is 2.24. The standard InChI is InChI=1S/C14H14N2O6S2.2C12H27N/c15-11-5-3-9(13(7-11)23(17,18)19)1-2-10-4-6-12(16)8-14(10)24(20,21)22;2*1-4-7-10-13(11-8-5-2)12-9-6-3/h1-8H,15-16H2,(H,17,18,19)(H,20,21,22);2*4-12H2,1-3H3/b2-1+;;. The van der Waals surface area contributed by atoms with Gasteiger partial charge in [0.1, 0.15) is 9.79 Å². The first-order valence-corrected chi connectivity index (χ1v) is 21.4. The Bertz CT molecular complexity index is 1290. The summed E-state index contributed by atoms with van der Waals surface area (Å²) >= 11 is 0. The van der Waals surface area contributed by atoms with Crippen LogP contribution in [0.4, 0.5) is 11.4 Å². The molecule has 6 N–H and O–H groups in total. The summed E-state index contributed by atoms with van der Waals surface area (Å²) in [4.78, 5) is 4.41. The van der Waals surface area contributed by atoms with Crippen LogP contribution < -0.4 is 11.5 Å². The van der Waals surface area contributed by atoms with Crippen LogP contribution in [0.5, 0.6) is 0 Å². The first kappa shape index (κ1) is 47.5. The smallest absolute Gasteiger partial charge is 0.295 e. The Kier molecular flexibility index (Phi) is 25.9. The van der Waals surface area contributed by atoms with Gasteiger partial charge in [-0.3, -0.25) is 9.11 Å².